The minimum absolute atomic E-state index is 0.0123. The number of likely N-dealkylation sites (tertiary alicyclic amines) is 1. The van der Waals surface area contributed by atoms with E-state index in [4.69, 9.17) is 4.74 Å². The van der Waals surface area contributed by atoms with Crippen LogP contribution in [0.15, 0.2) is 24.3 Å². The summed E-state index contributed by atoms with van der Waals surface area (Å²) in [5, 5.41) is 3.18. The number of carbonyl (C=O) groups excluding carboxylic acids is 2. The minimum Gasteiger partial charge on any atom is -0.497 e. The molecule has 1 aromatic rings. The molecule has 0 aromatic heterocycles. The molecule has 2 fully saturated rings. The Morgan fingerprint density at radius 2 is 1.87 bits per heavy atom. The number of carbonyl (C=O) groups is 2. The SMILES string of the molecule is CCN(CC)C(CNC(=O)C1CCCN1C(=O)C1CCCCC1)c1cccc(OC)c1. The lowest BCUT2D eigenvalue weighted by molar-refractivity contribution is -0.142. The molecule has 2 amide bonds. The van der Waals surface area contributed by atoms with Crippen molar-refractivity contribution in [3.05, 3.63) is 29.8 Å². The van der Waals surface area contributed by atoms with Gasteiger partial charge in [0.25, 0.3) is 0 Å². The Morgan fingerprint density at radius 3 is 2.55 bits per heavy atom. The lowest BCUT2D eigenvalue weighted by Crippen LogP contribution is -2.49. The number of amides is 2. The highest BCUT2D eigenvalue weighted by Crippen LogP contribution is 2.29. The third kappa shape index (κ3) is 5.79. The third-order valence-electron chi connectivity index (χ3n) is 6.99. The molecule has 31 heavy (non-hydrogen) atoms. The van der Waals surface area contributed by atoms with Crippen molar-refractivity contribution in [3.63, 3.8) is 0 Å². The molecule has 2 unspecified atom stereocenters. The lowest BCUT2D eigenvalue weighted by atomic mass is 9.88. The summed E-state index contributed by atoms with van der Waals surface area (Å²) in [6.45, 7) is 7.30. The van der Waals surface area contributed by atoms with Crippen molar-refractivity contribution < 1.29 is 14.3 Å². The van der Waals surface area contributed by atoms with Crippen LogP contribution < -0.4 is 10.1 Å². The molecule has 3 rings (SSSR count). The second-order valence-electron chi connectivity index (χ2n) is 8.78. The van der Waals surface area contributed by atoms with E-state index in [2.05, 4.69) is 30.1 Å². The number of nitrogens with zero attached hydrogens (tertiary/aromatic N) is 2. The molecule has 0 spiro atoms. The Bertz CT molecular complexity index is 728. The standard InChI is InChI=1S/C25H39N3O3/c1-4-27(5-2)23(20-13-9-14-21(17-20)31-3)18-26-24(29)22-15-10-16-28(22)25(30)19-11-7-6-8-12-19/h9,13-14,17,19,22-23H,4-8,10-12,15-16,18H2,1-3H3,(H,26,29). The smallest absolute Gasteiger partial charge is 0.242 e. The van der Waals surface area contributed by atoms with E-state index in [9.17, 15) is 9.59 Å². The van der Waals surface area contributed by atoms with Crippen LogP contribution in [0, 0.1) is 5.92 Å². The van der Waals surface area contributed by atoms with E-state index in [0.717, 1.165) is 62.9 Å². The quantitative estimate of drug-likeness (QED) is 0.649. The molecule has 1 saturated carbocycles. The maximum absolute atomic E-state index is 13.2. The van der Waals surface area contributed by atoms with Crippen LogP contribution >= 0.6 is 0 Å². The highest BCUT2D eigenvalue weighted by molar-refractivity contribution is 5.89. The molecule has 6 nitrogen and oxygen atoms in total. The van der Waals surface area contributed by atoms with Crippen LogP contribution in [0.5, 0.6) is 5.75 Å². The predicted octanol–water partition coefficient (Wildman–Crippen LogP) is 3.77. The summed E-state index contributed by atoms with van der Waals surface area (Å²) in [5.41, 5.74) is 1.13. The van der Waals surface area contributed by atoms with Gasteiger partial charge in [-0.1, -0.05) is 45.2 Å². The number of rotatable bonds is 9. The van der Waals surface area contributed by atoms with Crippen molar-refractivity contribution in [2.24, 2.45) is 5.92 Å². The molecular weight excluding hydrogens is 390 g/mol. The van der Waals surface area contributed by atoms with Gasteiger partial charge in [0.1, 0.15) is 11.8 Å². The van der Waals surface area contributed by atoms with E-state index in [0.29, 0.717) is 13.1 Å². The number of ether oxygens (including phenoxy) is 1. The van der Waals surface area contributed by atoms with Crippen molar-refractivity contribution >= 4 is 11.8 Å². The maximum atomic E-state index is 13.2. The van der Waals surface area contributed by atoms with Crippen LogP contribution in [-0.4, -0.2) is 60.9 Å². The van der Waals surface area contributed by atoms with Crippen LogP contribution in [-0.2, 0) is 9.59 Å². The summed E-state index contributed by atoms with van der Waals surface area (Å²) in [6, 6.07) is 7.81. The number of methoxy groups -OCH3 is 1. The summed E-state index contributed by atoms with van der Waals surface area (Å²) in [6.07, 6.45) is 7.11. The van der Waals surface area contributed by atoms with E-state index in [1.54, 1.807) is 7.11 Å². The number of hydrogen-bond donors (Lipinski definition) is 1. The van der Waals surface area contributed by atoms with E-state index >= 15 is 0 Å². The second kappa shape index (κ2) is 11.5. The van der Waals surface area contributed by atoms with Gasteiger partial charge in [-0.2, -0.15) is 0 Å². The van der Waals surface area contributed by atoms with E-state index < -0.39 is 0 Å². The van der Waals surface area contributed by atoms with Gasteiger partial charge in [-0.3, -0.25) is 14.5 Å². The Hall–Kier alpha value is -2.08. The number of likely N-dealkylation sites (N-methyl/N-ethyl adjacent to an activating group) is 1. The molecule has 1 N–H and O–H groups in total. The molecule has 1 aliphatic carbocycles. The highest BCUT2D eigenvalue weighted by Gasteiger charge is 2.37. The Labute approximate surface area is 187 Å². The van der Waals surface area contributed by atoms with Crippen molar-refractivity contribution in [1.29, 1.82) is 0 Å². The van der Waals surface area contributed by atoms with Crippen LogP contribution in [0.3, 0.4) is 0 Å². The first kappa shape index (κ1) is 23.6. The Balaban J connectivity index is 1.67. The maximum Gasteiger partial charge on any atom is 0.242 e. The zero-order valence-corrected chi connectivity index (χ0v) is 19.4. The van der Waals surface area contributed by atoms with Gasteiger partial charge in [0.2, 0.25) is 11.8 Å². The normalized spacial score (nSPS) is 20.6. The monoisotopic (exact) mass is 429 g/mol. The topological polar surface area (TPSA) is 61.9 Å². The first-order chi connectivity index (χ1) is 15.1. The van der Waals surface area contributed by atoms with Gasteiger partial charge in [0, 0.05) is 19.0 Å². The van der Waals surface area contributed by atoms with Crippen molar-refractivity contribution in [2.75, 3.05) is 33.3 Å². The zero-order valence-electron chi connectivity index (χ0n) is 19.4. The zero-order chi connectivity index (χ0) is 22.2. The van der Waals surface area contributed by atoms with E-state index in [1.807, 2.05) is 23.1 Å². The first-order valence-corrected chi connectivity index (χ1v) is 12.0. The molecule has 1 saturated heterocycles. The molecule has 1 aromatic carbocycles. The molecule has 172 valence electrons. The van der Waals surface area contributed by atoms with Gasteiger partial charge in [-0.05, 0) is 56.5 Å². The van der Waals surface area contributed by atoms with Crippen LogP contribution in [0.2, 0.25) is 0 Å². The number of hydrogen-bond acceptors (Lipinski definition) is 4. The Kier molecular flexibility index (Phi) is 8.76. The largest absolute Gasteiger partial charge is 0.497 e. The van der Waals surface area contributed by atoms with Crippen molar-refractivity contribution in [1.82, 2.24) is 15.1 Å². The predicted molar refractivity (Wildman–Crippen MR) is 123 cm³/mol. The lowest BCUT2D eigenvalue weighted by Gasteiger charge is -2.32. The Morgan fingerprint density at radius 1 is 1.13 bits per heavy atom. The molecular formula is C25H39N3O3. The van der Waals surface area contributed by atoms with E-state index in [1.165, 1.54) is 6.42 Å². The summed E-state index contributed by atoms with van der Waals surface area (Å²) < 4.78 is 5.41. The first-order valence-electron chi connectivity index (χ1n) is 12.0. The summed E-state index contributed by atoms with van der Waals surface area (Å²) in [5.74, 6) is 1.12. The average molecular weight is 430 g/mol. The van der Waals surface area contributed by atoms with Gasteiger partial charge in [0.05, 0.1) is 13.2 Å². The van der Waals surface area contributed by atoms with Crippen LogP contribution in [0.4, 0.5) is 0 Å². The molecule has 6 heteroatoms. The summed E-state index contributed by atoms with van der Waals surface area (Å²) in [4.78, 5) is 30.4. The number of benzene rings is 1. The molecule has 2 aliphatic rings. The molecule has 0 bridgehead atoms. The van der Waals surface area contributed by atoms with Gasteiger partial charge in [0.15, 0.2) is 0 Å². The van der Waals surface area contributed by atoms with Gasteiger partial charge in [-0.25, -0.2) is 0 Å². The van der Waals surface area contributed by atoms with Gasteiger partial charge in [-0.15, -0.1) is 0 Å². The molecule has 2 atom stereocenters. The van der Waals surface area contributed by atoms with Gasteiger partial charge < -0.3 is 15.0 Å². The van der Waals surface area contributed by atoms with Gasteiger partial charge >= 0.3 is 0 Å². The summed E-state index contributed by atoms with van der Waals surface area (Å²) in [7, 11) is 1.67. The molecule has 1 aliphatic heterocycles. The fourth-order valence-corrected chi connectivity index (χ4v) is 5.17. The van der Waals surface area contributed by atoms with E-state index in [-0.39, 0.29) is 29.8 Å². The summed E-state index contributed by atoms with van der Waals surface area (Å²) >= 11 is 0. The fourth-order valence-electron chi connectivity index (χ4n) is 5.17. The second-order valence-corrected chi connectivity index (χ2v) is 8.78. The minimum atomic E-state index is -0.322. The van der Waals surface area contributed by atoms with Crippen molar-refractivity contribution in [3.8, 4) is 5.75 Å². The van der Waals surface area contributed by atoms with Crippen LogP contribution in [0.25, 0.3) is 0 Å². The van der Waals surface area contributed by atoms with Crippen LogP contribution in [0.1, 0.15) is 70.4 Å². The number of nitrogens with one attached hydrogen (secondary N) is 1. The molecule has 0 radical (unpaired) electrons. The average Bonchev–Trinajstić information content (AvgIpc) is 3.31. The fraction of sp³-hybridized carbons (Fsp3) is 0.680. The highest BCUT2D eigenvalue weighted by atomic mass is 16.5. The van der Waals surface area contributed by atoms with Crippen molar-refractivity contribution in [2.45, 2.75) is 70.9 Å². The third-order valence-corrected chi connectivity index (χ3v) is 6.99. The molecule has 1 heterocycles.